The van der Waals surface area contributed by atoms with Gasteiger partial charge in [-0.2, -0.15) is 0 Å². The predicted molar refractivity (Wildman–Crippen MR) is 169 cm³/mol. The fraction of sp³-hybridized carbons (Fsp3) is 0.257. The molecule has 0 aliphatic heterocycles. The van der Waals surface area contributed by atoms with Crippen LogP contribution in [0.3, 0.4) is 0 Å². The van der Waals surface area contributed by atoms with Gasteiger partial charge in [0.1, 0.15) is 35.0 Å². The van der Waals surface area contributed by atoms with Gasteiger partial charge in [0.2, 0.25) is 11.8 Å². The zero-order valence-electron chi connectivity index (χ0n) is 24.5. The Labute approximate surface area is 254 Å². The van der Waals surface area contributed by atoms with Gasteiger partial charge < -0.3 is 14.5 Å². The standard InChI is InChI=1S/C35H33N5O4/c1-43-26-18-15-23(16-19-26)34(35(42)36-24-9-3-2-4-10-24)40(33(41)22-39-30-13-7-6-12-29(30)37-38-39)25-17-20-32-28(21-25)27-11-5-8-14-31(27)44-32/h5-8,11-21,24,34H,2-4,9-10,22H2,1H3,(H,36,42)/t34-/m0/s1. The number of methoxy groups -OCH3 is 1. The molecule has 44 heavy (non-hydrogen) atoms. The largest absolute Gasteiger partial charge is 0.497 e. The second kappa shape index (κ2) is 11.8. The summed E-state index contributed by atoms with van der Waals surface area (Å²) in [6.45, 7) is -0.103. The summed E-state index contributed by atoms with van der Waals surface area (Å²) in [5, 5.41) is 13.6. The van der Waals surface area contributed by atoms with Crippen molar-refractivity contribution in [3.8, 4) is 5.75 Å². The van der Waals surface area contributed by atoms with Crippen LogP contribution in [-0.4, -0.2) is 40.0 Å². The van der Waals surface area contributed by atoms with Gasteiger partial charge in [0.05, 0.1) is 12.6 Å². The fourth-order valence-corrected chi connectivity index (χ4v) is 6.27. The van der Waals surface area contributed by atoms with Gasteiger partial charge in [-0.15, -0.1) is 5.10 Å². The van der Waals surface area contributed by atoms with Crippen LogP contribution in [0.25, 0.3) is 33.0 Å². The average Bonchev–Trinajstić information content (AvgIpc) is 3.65. The number of ether oxygens (including phenoxy) is 1. The zero-order valence-corrected chi connectivity index (χ0v) is 24.5. The van der Waals surface area contributed by atoms with Crippen LogP contribution < -0.4 is 15.0 Å². The summed E-state index contributed by atoms with van der Waals surface area (Å²) >= 11 is 0. The summed E-state index contributed by atoms with van der Waals surface area (Å²) in [4.78, 5) is 30.5. The van der Waals surface area contributed by atoms with E-state index in [2.05, 4.69) is 15.6 Å². The number of benzene rings is 4. The van der Waals surface area contributed by atoms with E-state index in [0.717, 1.165) is 47.6 Å². The molecule has 1 aliphatic carbocycles. The Morgan fingerprint density at radius 3 is 2.50 bits per heavy atom. The van der Waals surface area contributed by atoms with E-state index >= 15 is 0 Å². The molecule has 9 heteroatoms. The molecule has 6 aromatic rings. The summed E-state index contributed by atoms with van der Waals surface area (Å²) in [7, 11) is 1.60. The van der Waals surface area contributed by atoms with Crippen LogP contribution in [0.5, 0.6) is 5.75 Å². The summed E-state index contributed by atoms with van der Waals surface area (Å²) < 4.78 is 13.1. The molecule has 0 spiro atoms. The molecule has 1 N–H and O–H groups in total. The molecule has 9 nitrogen and oxygen atoms in total. The van der Waals surface area contributed by atoms with Gasteiger partial charge >= 0.3 is 0 Å². The van der Waals surface area contributed by atoms with Crippen molar-refractivity contribution in [1.82, 2.24) is 20.3 Å². The van der Waals surface area contributed by atoms with E-state index in [1.807, 2.05) is 91.0 Å². The number of aromatic nitrogens is 3. The quantitative estimate of drug-likeness (QED) is 0.216. The third-order valence-corrected chi connectivity index (χ3v) is 8.50. The lowest BCUT2D eigenvalue weighted by Crippen LogP contribution is -2.48. The van der Waals surface area contributed by atoms with Crippen LogP contribution in [0.15, 0.2) is 95.4 Å². The van der Waals surface area contributed by atoms with Crippen molar-refractivity contribution in [3.05, 3.63) is 96.6 Å². The molecule has 2 aromatic heterocycles. The van der Waals surface area contributed by atoms with Crippen molar-refractivity contribution in [2.45, 2.75) is 50.7 Å². The predicted octanol–water partition coefficient (Wildman–Crippen LogP) is 6.56. The Balaban J connectivity index is 1.36. The highest BCUT2D eigenvalue weighted by Crippen LogP contribution is 2.36. The maximum absolute atomic E-state index is 14.5. The number of hydrogen-bond donors (Lipinski definition) is 1. The van der Waals surface area contributed by atoms with Crippen LogP contribution in [0, 0.1) is 0 Å². The lowest BCUT2D eigenvalue weighted by Gasteiger charge is -2.33. The highest BCUT2D eigenvalue weighted by Gasteiger charge is 2.35. The van der Waals surface area contributed by atoms with Crippen LogP contribution >= 0.6 is 0 Å². The molecule has 1 fully saturated rings. The maximum Gasteiger partial charge on any atom is 0.249 e. The summed E-state index contributed by atoms with van der Waals surface area (Å²) in [5.74, 6) is 0.141. The van der Waals surface area contributed by atoms with Gasteiger partial charge in [0.15, 0.2) is 0 Å². The molecule has 1 aliphatic rings. The maximum atomic E-state index is 14.5. The molecular formula is C35H33N5O4. The molecule has 0 saturated heterocycles. The van der Waals surface area contributed by atoms with Gasteiger partial charge in [0.25, 0.3) is 0 Å². The number of carbonyl (C=O) groups is 2. The topological polar surface area (TPSA) is 102 Å². The Morgan fingerprint density at radius 1 is 0.932 bits per heavy atom. The third kappa shape index (κ3) is 5.25. The first-order chi connectivity index (χ1) is 21.6. The van der Waals surface area contributed by atoms with Crippen molar-refractivity contribution in [3.63, 3.8) is 0 Å². The molecule has 1 atom stereocenters. The van der Waals surface area contributed by atoms with Crippen LogP contribution in [0.4, 0.5) is 5.69 Å². The van der Waals surface area contributed by atoms with Gasteiger partial charge in [-0.1, -0.05) is 66.9 Å². The normalized spacial score (nSPS) is 14.6. The molecule has 0 unspecified atom stereocenters. The molecular weight excluding hydrogens is 554 g/mol. The van der Waals surface area contributed by atoms with E-state index in [9.17, 15) is 9.59 Å². The number of hydrogen-bond acceptors (Lipinski definition) is 6. The van der Waals surface area contributed by atoms with Gasteiger partial charge in [-0.05, 0) is 66.9 Å². The minimum absolute atomic E-state index is 0.0634. The zero-order chi connectivity index (χ0) is 30.0. The van der Waals surface area contributed by atoms with Crippen molar-refractivity contribution in [2.75, 3.05) is 12.0 Å². The molecule has 0 bridgehead atoms. The van der Waals surface area contributed by atoms with Crippen molar-refractivity contribution in [1.29, 1.82) is 0 Å². The number of fused-ring (bicyclic) bond motifs is 4. The van der Waals surface area contributed by atoms with Gasteiger partial charge in [-0.3, -0.25) is 14.5 Å². The Kier molecular flexibility index (Phi) is 7.43. The molecule has 4 aromatic carbocycles. The Bertz CT molecular complexity index is 1960. The molecule has 7 rings (SSSR count). The van der Waals surface area contributed by atoms with E-state index in [4.69, 9.17) is 9.15 Å². The molecule has 2 heterocycles. The average molecular weight is 588 g/mol. The van der Waals surface area contributed by atoms with E-state index < -0.39 is 6.04 Å². The molecule has 1 saturated carbocycles. The fourth-order valence-electron chi connectivity index (χ4n) is 6.27. The molecule has 222 valence electrons. The van der Waals surface area contributed by atoms with E-state index in [1.165, 1.54) is 6.42 Å². The minimum atomic E-state index is -0.944. The first-order valence-electron chi connectivity index (χ1n) is 15.0. The van der Waals surface area contributed by atoms with Crippen molar-refractivity contribution < 1.29 is 18.7 Å². The van der Waals surface area contributed by atoms with Gasteiger partial charge in [-0.25, -0.2) is 4.68 Å². The van der Waals surface area contributed by atoms with Crippen molar-refractivity contribution in [2.24, 2.45) is 0 Å². The number of para-hydroxylation sites is 2. The number of carbonyl (C=O) groups excluding carboxylic acids is 2. The monoisotopic (exact) mass is 587 g/mol. The third-order valence-electron chi connectivity index (χ3n) is 8.50. The Hall–Kier alpha value is -5.18. The number of furan rings is 1. The highest BCUT2D eigenvalue weighted by molar-refractivity contribution is 6.08. The molecule has 2 amide bonds. The minimum Gasteiger partial charge on any atom is -0.497 e. The SMILES string of the molecule is COc1ccc([C@@H](C(=O)NC2CCCCC2)N(C(=O)Cn2nnc3ccccc32)c2ccc3oc4ccccc4c3c2)cc1. The van der Waals surface area contributed by atoms with Gasteiger partial charge in [0, 0.05) is 22.5 Å². The first kappa shape index (κ1) is 27.6. The lowest BCUT2D eigenvalue weighted by atomic mass is 9.94. The van der Waals surface area contributed by atoms with E-state index in [-0.39, 0.29) is 24.4 Å². The van der Waals surface area contributed by atoms with Crippen LogP contribution in [-0.2, 0) is 16.1 Å². The number of nitrogens with one attached hydrogen (secondary N) is 1. The van der Waals surface area contributed by atoms with Crippen LogP contribution in [0.2, 0.25) is 0 Å². The Morgan fingerprint density at radius 2 is 1.68 bits per heavy atom. The number of nitrogens with zero attached hydrogens (tertiary/aromatic N) is 4. The number of anilines is 1. The second-order valence-electron chi connectivity index (χ2n) is 11.3. The van der Waals surface area contributed by atoms with E-state index in [0.29, 0.717) is 28.1 Å². The van der Waals surface area contributed by atoms with E-state index in [1.54, 1.807) is 16.7 Å². The van der Waals surface area contributed by atoms with Crippen molar-refractivity contribution >= 4 is 50.5 Å². The molecule has 0 radical (unpaired) electrons. The summed E-state index contributed by atoms with van der Waals surface area (Å²) in [6.07, 6.45) is 5.16. The number of rotatable bonds is 8. The smallest absolute Gasteiger partial charge is 0.249 e. The second-order valence-corrected chi connectivity index (χ2v) is 11.3. The summed E-state index contributed by atoms with van der Waals surface area (Å²) in [5.41, 5.74) is 4.15. The van der Waals surface area contributed by atoms with Crippen LogP contribution in [0.1, 0.15) is 43.7 Å². The first-order valence-corrected chi connectivity index (χ1v) is 15.0. The highest BCUT2D eigenvalue weighted by atomic mass is 16.5. The number of amides is 2. The summed E-state index contributed by atoms with van der Waals surface area (Å²) in [6, 6.07) is 27.4. The lowest BCUT2D eigenvalue weighted by molar-refractivity contribution is -0.127.